The molecule has 5 heteroatoms. The molecule has 16 heavy (non-hydrogen) atoms. The SMILES string of the molecule is COC(=O)c1cn(C2CCCNC2)nc1C. The summed E-state index contributed by atoms with van der Waals surface area (Å²) >= 11 is 0. The van der Waals surface area contributed by atoms with E-state index in [1.54, 1.807) is 6.20 Å². The molecule has 0 radical (unpaired) electrons. The summed E-state index contributed by atoms with van der Waals surface area (Å²) in [6, 6.07) is 0.353. The van der Waals surface area contributed by atoms with Crippen molar-refractivity contribution in [2.75, 3.05) is 20.2 Å². The third kappa shape index (κ3) is 2.09. The Labute approximate surface area is 94.8 Å². The van der Waals surface area contributed by atoms with Gasteiger partial charge in [-0.15, -0.1) is 0 Å². The van der Waals surface area contributed by atoms with Gasteiger partial charge in [0.1, 0.15) is 5.56 Å². The molecule has 1 unspecified atom stereocenters. The number of methoxy groups -OCH3 is 1. The van der Waals surface area contributed by atoms with Crippen LogP contribution in [0, 0.1) is 6.92 Å². The zero-order chi connectivity index (χ0) is 11.5. The van der Waals surface area contributed by atoms with E-state index in [2.05, 4.69) is 10.4 Å². The number of aromatic nitrogens is 2. The van der Waals surface area contributed by atoms with Crippen LogP contribution >= 0.6 is 0 Å². The summed E-state index contributed by atoms with van der Waals surface area (Å²) in [5.74, 6) is -0.312. The molecular weight excluding hydrogens is 206 g/mol. The first-order chi connectivity index (χ1) is 7.72. The minimum atomic E-state index is -0.312. The van der Waals surface area contributed by atoms with Crippen molar-refractivity contribution in [3.8, 4) is 0 Å². The smallest absolute Gasteiger partial charge is 0.341 e. The van der Waals surface area contributed by atoms with Gasteiger partial charge in [0, 0.05) is 12.7 Å². The quantitative estimate of drug-likeness (QED) is 0.757. The fourth-order valence-corrected chi connectivity index (χ4v) is 2.04. The molecule has 5 nitrogen and oxygen atoms in total. The Balaban J connectivity index is 2.19. The van der Waals surface area contributed by atoms with Crippen LogP contribution in [0.3, 0.4) is 0 Å². The average Bonchev–Trinajstić information content (AvgIpc) is 2.71. The van der Waals surface area contributed by atoms with Crippen molar-refractivity contribution in [1.82, 2.24) is 15.1 Å². The second kappa shape index (κ2) is 4.65. The van der Waals surface area contributed by atoms with Crippen molar-refractivity contribution >= 4 is 5.97 Å². The van der Waals surface area contributed by atoms with E-state index in [1.165, 1.54) is 7.11 Å². The average molecular weight is 223 g/mol. The molecule has 2 rings (SSSR count). The van der Waals surface area contributed by atoms with Crippen LogP contribution in [0.1, 0.15) is 34.9 Å². The monoisotopic (exact) mass is 223 g/mol. The van der Waals surface area contributed by atoms with Crippen molar-refractivity contribution in [2.24, 2.45) is 0 Å². The Morgan fingerprint density at radius 3 is 3.12 bits per heavy atom. The molecule has 0 amide bonds. The molecule has 0 bridgehead atoms. The molecule has 0 aromatic carbocycles. The van der Waals surface area contributed by atoms with Gasteiger partial charge in [-0.1, -0.05) is 0 Å². The lowest BCUT2D eigenvalue weighted by molar-refractivity contribution is 0.0599. The predicted octanol–water partition coefficient (Wildman–Crippen LogP) is 0.903. The van der Waals surface area contributed by atoms with Gasteiger partial charge in [0.05, 0.1) is 18.8 Å². The van der Waals surface area contributed by atoms with E-state index in [4.69, 9.17) is 4.74 Å². The Hall–Kier alpha value is -1.36. The summed E-state index contributed by atoms with van der Waals surface area (Å²) in [4.78, 5) is 11.4. The van der Waals surface area contributed by atoms with Crippen LogP contribution in [0.4, 0.5) is 0 Å². The minimum Gasteiger partial charge on any atom is -0.465 e. The van der Waals surface area contributed by atoms with Crippen LogP contribution in [0.2, 0.25) is 0 Å². The first-order valence-corrected chi connectivity index (χ1v) is 5.57. The van der Waals surface area contributed by atoms with Crippen molar-refractivity contribution < 1.29 is 9.53 Å². The second-order valence-corrected chi connectivity index (χ2v) is 4.10. The molecule has 0 saturated carbocycles. The molecule has 1 saturated heterocycles. The molecule has 1 atom stereocenters. The van der Waals surface area contributed by atoms with Gasteiger partial charge in [-0.25, -0.2) is 4.79 Å². The van der Waals surface area contributed by atoms with Gasteiger partial charge >= 0.3 is 5.97 Å². The zero-order valence-electron chi connectivity index (χ0n) is 9.69. The second-order valence-electron chi connectivity index (χ2n) is 4.10. The summed E-state index contributed by atoms with van der Waals surface area (Å²) < 4.78 is 6.59. The number of rotatable bonds is 2. The number of nitrogens with zero attached hydrogens (tertiary/aromatic N) is 2. The highest BCUT2D eigenvalue weighted by Crippen LogP contribution is 2.18. The van der Waals surface area contributed by atoms with Gasteiger partial charge in [0.15, 0.2) is 0 Å². The van der Waals surface area contributed by atoms with Gasteiger partial charge < -0.3 is 10.1 Å². The molecule has 1 fully saturated rings. The highest BCUT2D eigenvalue weighted by atomic mass is 16.5. The van der Waals surface area contributed by atoms with E-state index in [1.807, 2.05) is 11.6 Å². The lowest BCUT2D eigenvalue weighted by Crippen LogP contribution is -2.31. The van der Waals surface area contributed by atoms with Crippen LogP contribution < -0.4 is 5.32 Å². The van der Waals surface area contributed by atoms with Crippen LogP contribution in [-0.4, -0.2) is 35.9 Å². The first kappa shape index (κ1) is 11.1. The Kier molecular flexibility index (Phi) is 3.24. The molecule has 1 aromatic heterocycles. The molecular formula is C11H17N3O2. The number of hydrogen-bond acceptors (Lipinski definition) is 4. The van der Waals surface area contributed by atoms with Crippen molar-refractivity contribution in [3.63, 3.8) is 0 Å². The molecule has 1 aromatic rings. The van der Waals surface area contributed by atoms with Crippen molar-refractivity contribution in [2.45, 2.75) is 25.8 Å². The lowest BCUT2D eigenvalue weighted by Gasteiger charge is -2.22. The number of carbonyl (C=O) groups is 1. The highest BCUT2D eigenvalue weighted by molar-refractivity contribution is 5.90. The first-order valence-electron chi connectivity index (χ1n) is 5.57. The van der Waals surface area contributed by atoms with Crippen LogP contribution in [0.15, 0.2) is 6.20 Å². The summed E-state index contributed by atoms with van der Waals surface area (Å²) in [5.41, 5.74) is 1.30. The highest BCUT2D eigenvalue weighted by Gasteiger charge is 2.19. The largest absolute Gasteiger partial charge is 0.465 e. The molecule has 88 valence electrons. The number of hydrogen-bond donors (Lipinski definition) is 1. The molecule has 2 heterocycles. The normalized spacial score (nSPS) is 20.8. The van der Waals surface area contributed by atoms with E-state index < -0.39 is 0 Å². The van der Waals surface area contributed by atoms with E-state index in [0.717, 1.165) is 31.6 Å². The van der Waals surface area contributed by atoms with E-state index in [9.17, 15) is 4.79 Å². The summed E-state index contributed by atoms with van der Waals surface area (Å²) in [6.45, 7) is 3.82. The third-order valence-corrected chi connectivity index (χ3v) is 2.97. The predicted molar refractivity (Wildman–Crippen MR) is 59.4 cm³/mol. The van der Waals surface area contributed by atoms with Crippen molar-refractivity contribution in [1.29, 1.82) is 0 Å². The van der Waals surface area contributed by atoms with E-state index in [0.29, 0.717) is 11.6 Å². The zero-order valence-corrected chi connectivity index (χ0v) is 9.69. The maximum atomic E-state index is 11.4. The number of ether oxygens (including phenoxy) is 1. The van der Waals surface area contributed by atoms with Gasteiger partial charge in [-0.05, 0) is 26.3 Å². The standard InChI is InChI=1S/C11H17N3O2/c1-8-10(11(15)16-2)7-14(13-8)9-4-3-5-12-6-9/h7,9,12H,3-6H2,1-2H3. The summed E-state index contributed by atoms with van der Waals surface area (Å²) in [5, 5.41) is 7.71. The lowest BCUT2D eigenvalue weighted by atomic mass is 10.1. The summed E-state index contributed by atoms with van der Waals surface area (Å²) in [6.07, 6.45) is 4.05. The fourth-order valence-electron chi connectivity index (χ4n) is 2.04. The number of aryl methyl sites for hydroxylation is 1. The van der Waals surface area contributed by atoms with E-state index in [-0.39, 0.29) is 5.97 Å². The molecule has 1 aliphatic heterocycles. The Morgan fingerprint density at radius 1 is 1.69 bits per heavy atom. The number of piperidine rings is 1. The molecule has 1 N–H and O–H groups in total. The van der Waals surface area contributed by atoms with Gasteiger partial charge in [0.25, 0.3) is 0 Å². The number of carbonyl (C=O) groups excluding carboxylic acids is 1. The number of nitrogens with one attached hydrogen (secondary N) is 1. The fraction of sp³-hybridized carbons (Fsp3) is 0.636. The van der Waals surface area contributed by atoms with Crippen LogP contribution in [-0.2, 0) is 4.74 Å². The maximum Gasteiger partial charge on any atom is 0.341 e. The van der Waals surface area contributed by atoms with Gasteiger partial charge in [-0.2, -0.15) is 5.10 Å². The van der Waals surface area contributed by atoms with Crippen LogP contribution in [0.25, 0.3) is 0 Å². The Morgan fingerprint density at radius 2 is 2.50 bits per heavy atom. The minimum absolute atomic E-state index is 0.312. The van der Waals surface area contributed by atoms with Gasteiger partial charge in [0.2, 0.25) is 0 Å². The van der Waals surface area contributed by atoms with Crippen molar-refractivity contribution in [3.05, 3.63) is 17.5 Å². The summed E-state index contributed by atoms with van der Waals surface area (Å²) in [7, 11) is 1.39. The van der Waals surface area contributed by atoms with E-state index >= 15 is 0 Å². The Bertz CT molecular complexity index is 381. The van der Waals surface area contributed by atoms with Gasteiger partial charge in [-0.3, -0.25) is 4.68 Å². The maximum absolute atomic E-state index is 11.4. The molecule has 1 aliphatic rings. The number of esters is 1. The van der Waals surface area contributed by atoms with Crippen LogP contribution in [0.5, 0.6) is 0 Å². The molecule has 0 spiro atoms. The molecule has 0 aliphatic carbocycles. The topological polar surface area (TPSA) is 56.1 Å². The third-order valence-electron chi connectivity index (χ3n) is 2.97.